The first-order valence-corrected chi connectivity index (χ1v) is 17.7. The van der Waals surface area contributed by atoms with Gasteiger partial charge < -0.3 is 44.9 Å². The lowest BCUT2D eigenvalue weighted by Gasteiger charge is -2.49. The number of carbonyl (C=O) groups excluding carboxylic acids is 3. The van der Waals surface area contributed by atoms with Crippen LogP contribution in [0.5, 0.6) is 0 Å². The second-order valence-corrected chi connectivity index (χ2v) is 13.6. The number of fused-ring (bicyclic) bond motifs is 4. The number of rotatable bonds is 14. The molecule has 0 spiro atoms. The van der Waals surface area contributed by atoms with Crippen molar-refractivity contribution < 1.29 is 53.5 Å². The van der Waals surface area contributed by atoms with E-state index in [2.05, 4.69) is 10.6 Å². The predicted octanol–water partition coefficient (Wildman–Crippen LogP) is 1.13. The number of carbonyl (C=O) groups is 3. The Labute approximate surface area is 306 Å². The van der Waals surface area contributed by atoms with E-state index in [4.69, 9.17) is 28.9 Å². The second kappa shape index (κ2) is 15.4. The molecule has 8 unspecified atom stereocenters. The van der Waals surface area contributed by atoms with Crippen LogP contribution in [0, 0.1) is 5.41 Å². The third-order valence-corrected chi connectivity index (χ3v) is 10.2. The van der Waals surface area contributed by atoms with Gasteiger partial charge in [0.25, 0.3) is 0 Å². The Morgan fingerprint density at radius 1 is 0.981 bits per heavy atom. The molecule has 1 aliphatic carbocycles. The van der Waals surface area contributed by atoms with Crippen molar-refractivity contribution in [2.24, 2.45) is 5.41 Å². The van der Waals surface area contributed by atoms with Gasteiger partial charge in [-0.05, 0) is 24.1 Å². The van der Waals surface area contributed by atoms with Crippen molar-refractivity contribution in [3.8, 4) is 0 Å². The van der Waals surface area contributed by atoms with Gasteiger partial charge in [-0.1, -0.05) is 84.9 Å². The quantitative estimate of drug-likeness (QED) is 0.0907. The van der Waals surface area contributed by atoms with Gasteiger partial charge in [0.05, 0.1) is 32.1 Å². The third-order valence-electron chi connectivity index (χ3n) is 10.2. The van der Waals surface area contributed by atoms with Crippen LogP contribution in [0.2, 0.25) is 0 Å². The number of nitrogens with one attached hydrogen (secondary N) is 2. The van der Waals surface area contributed by atoms with Crippen LogP contribution in [0.25, 0.3) is 6.08 Å². The molecule has 2 amide bonds. The standard InChI is InChI=1S/C39H43N3O11/c1-24(45)30(35(46)40-16-17-43)41-37(48)38-22-29-31-32(52-39(51-31,27-11-4-2-5-12-27)28-13-6-3-7-14-28)34(38)53-42(33(38)36(47)50-29)23-26-10-8-9-25(21-26)15-19-49-20-18-44/h2-15,19,21,24,29-34,43-45H,16-18,20,22-23H2,1H3,(H,40,46)(H,41,48). The van der Waals surface area contributed by atoms with Crippen molar-refractivity contribution in [3.63, 3.8) is 0 Å². The Balaban J connectivity index is 1.29. The summed E-state index contributed by atoms with van der Waals surface area (Å²) < 4.78 is 25.2. The minimum Gasteiger partial charge on any atom is -0.499 e. The number of hydroxylamine groups is 2. The number of hydrogen-bond donors (Lipinski definition) is 5. The molecule has 5 N–H and O–H groups in total. The van der Waals surface area contributed by atoms with Gasteiger partial charge in [0, 0.05) is 24.1 Å². The highest BCUT2D eigenvalue weighted by atomic mass is 16.8. The molecule has 280 valence electrons. The number of aliphatic hydroxyl groups is 3. The van der Waals surface area contributed by atoms with Gasteiger partial charge in [0.1, 0.15) is 42.5 Å². The molecule has 0 aromatic heterocycles. The SMILES string of the molecule is CC(O)C(NC(=O)C12CC3OC(=O)C1N(Cc1cccc(C=COCCO)c1)OC2C1OC(c2ccccc2)(c2ccccc2)OC31)C(=O)NCCO. The van der Waals surface area contributed by atoms with Crippen LogP contribution in [0.15, 0.2) is 91.2 Å². The average Bonchev–Trinajstić information content (AvgIpc) is 3.75. The summed E-state index contributed by atoms with van der Waals surface area (Å²) in [6.07, 6.45) is -1.94. The molecule has 1 saturated carbocycles. The van der Waals surface area contributed by atoms with E-state index in [0.717, 1.165) is 11.1 Å². The fourth-order valence-electron chi connectivity index (χ4n) is 7.88. The smallest absolute Gasteiger partial charge is 0.327 e. The fraction of sp³-hybridized carbons (Fsp3) is 0.410. The minimum atomic E-state index is -1.64. The zero-order chi connectivity index (χ0) is 37.2. The van der Waals surface area contributed by atoms with E-state index in [9.17, 15) is 24.6 Å². The van der Waals surface area contributed by atoms with Gasteiger partial charge in [0.2, 0.25) is 17.6 Å². The van der Waals surface area contributed by atoms with E-state index >= 15 is 0 Å². The van der Waals surface area contributed by atoms with Crippen molar-refractivity contribution in [1.82, 2.24) is 15.7 Å². The van der Waals surface area contributed by atoms with Gasteiger partial charge in [-0.2, -0.15) is 5.06 Å². The highest BCUT2D eigenvalue weighted by molar-refractivity contribution is 5.96. The topological polar surface area (TPSA) is 185 Å². The molecule has 0 radical (unpaired) electrons. The number of nitrogens with zero attached hydrogens (tertiary/aromatic N) is 1. The van der Waals surface area contributed by atoms with Gasteiger partial charge in [-0.3, -0.25) is 19.2 Å². The molecular formula is C39H43N3O11. The number of esters is 1. The van der Waals surface area contributed by atoms with E-state index in [1.807, 2.05) is 84.9 Å². The summed E-state index contributed by atoms with van der Waals surface area (Å²) in [5.74, 6) is -3.55. The molecule has 4 aliphatic rings. The Morgan fingerprint density at radius 2 is 1.68 bits per heavy atom. The monoisotopic (exact) mass is 729 g/mol. The predicted molar refractivity (Wildman–Crippen MR) is 187 cm³/mol. The lowest BCUT2D eigenvalue weighted by atomic mass is 9.62. The summed E-state index contributed by atoms with van der Waals surface area (Å²) in [5, 5.41) is 35.6. The fourth-order valence-corrected chi connectivity index (χ4v) is 7.88. The molecule has 14 heteroatoms. The maximum Gasteiger partial charge on any atom is 0.327 e. The first-order valence-electron chi connectivity index (χ1n) is 17.7. The Morgan fingerprint density at radius 3 is 2.34 bits per heavy atom. The van der Waals surface area contributed by atoms with E-state index in [1.54, 1.807) is 6.08 Å². The van der Waals surface area contributed by atoms with Crippen LogP contribution in [0.1, 0.15) is 35.6 Å². The minimum absolute atomic E-state index is 0.0175. The zero-order valence-electron chi connectivity index (χ0n) is 29.1. The van der Waals surface area contributed by atoms with E-state index in [1.165, 1.54) is 18.2 Å². The van der Waals surface area contributed by atoms with Crippen LogP contribution >= 0.6 is 0 Å². The molecule has 4 fully saturated rings. The third kappa shape index (κ3) is 6.72. The highest BCUT2D eigenvalue weighted by Gasteiger charge is 2.76. The molecular weight excluding hydrogens is 686 g/mol. The van der Waals surface area contributed by atoms with Crippen LogP contribution in [0.3, 0.4) is 0 Å². The van der Waals surface area contributed by atoms with Gasteiger partial charge in [-0.25, -0.2) is 0 Å². The second-order valence-electron chi connectivity index (χ2n) is 13.6. The molecule has 14 nitrogen and oxygen atoms in total. The van der Waals surface area contributed by atoms with E-state index in [-0.39, 0.29) is 39.3 Å². The summed E-state index contributed by atoms with van der Waals surface area (Å²) in [4.78, 5) is 48.8. The first-order chi connectivity index (χ1) is 25.7. The lowest BCUT2D eigenvalue weighted by Crippen LogP contribution is -2.71. The van der Waals surface area contributed by atoms with Crippen molar-refractivity contribution in [2.75, 3.05) is 26.4 Å². The van der Waals surface area contributed by atoms with Crippen LogP contribution in [-0.4, -0.2) is 107 Å². The van der Waals surface area contributed by atoms with Crippen LogP contribution in [-0.2, 0) is 50.5 Å². The normalized spacial score (nSPS) is 28.2. The zero-order valence-corrected chi connectivity index (χ0v) is 29.1. The Hall–Kier alpha value is -4.67. The van der Waals surface area contributed by atoms with Crippen LogP contribution in [0.4, 0.5) is 0 Å². The molecule has 2 bridgehead atoms. The van der Waals surface area contributed by atoms with Gasteiger partial charge in [0.15, 0.2) is 6.04 Å². The lowest BCUT2D eigenvalue weighted by molar-refractivity contribution is -0.213. The molecule has 3 saturated heterocycles. The van der Waals surface area contributed by atoms with Gasteiger partial charge in [-0.15, -0.1) is 0 Å². The maximum atomic E-state index is 14.8. The van der Waals surface area contributed by atoms with Crippen molar-refractivity contribution in [2.45, 2.75) is 68.3 Å². The van der Waals surface area contributed by atoms with Gasteiger partial charge >= 0.3 is 5.97 Å². The summed E-state index contributed by atoms with van der Waals surface area (Å²) >= 11 is 0. The van der Waals surface area contributed by atoms with Crippen LogP contribution < -0.4 is 10.6 Å². The Bertz CT molecular complexity index is 1770. The maximum absolute atomic E-state index is 14.8. The average molecular weight is 730 g/mol. The molecule has 53 heavy (non-hydrogen) atoms. The van der Waals surface area contributed by atoms with E-state index in [0.29, 0.717) is 11.1 Å². The summed E-state index contributed by atoms with van der Waals surface area (Å²) in [6.45, 7) is 1.03. The Kier molecular flexibility index (Phi) is 10.6. The van der Waals surface area contributed by atoms with Crippen molar-refractivity contribution in [1.29, 1.82) is 0 Å². The molecule has 3 aliphatic heterocycles. The first kappa shape index (κ1) is 36.7. The number of aliphatic hydroxyl groups excluding tert-OH is 3. The summed E-state index contributed by atoms with van der Waals surface area (Å²) in [6, 6.07) is 23.5. The number of benzene rings is 3. The molecule has 3 aromatic carbocycles. The summed E-state index contributed by atoms with van der Waals surface area (Å²) in [7, 11) is 0. The number of amides is 2. The molecule has 3 aromatic rings. The number of hydrogen-bond acceptors (Lipinski definition) is 12. The number of ether oxygens (including phenoxy) is 4. The summed E-state index contributed by atoms with van der Waals surface area (Å²) in [5.41, 5.74) is 1.26. The van der Waals surface area contributed by atoms with E-state index < -0.39 is 71.6 Å². The van der Waals surface area contributed by atoms with Crippen molar-refractivity contribution >= 4 is 23.9 Å². The molecule has 8 atom stereocenters. The highest BCUT2D eigenvalue weighted by Crippen LogP contribution is 2.59. The van der Waals surface area contributed by atoms with Crippen molar-refractivity contribution in [3.05, 3.63) is 113 Å². The molecule has 3 heterocycles. The largest absolute Gasteiger partial charge is 0.499 e. The molecule has 7 rings (SSSR count).